The molecule has 25 heavy (non-hydrogen) atoms. The number of piperidine rings is 1. The number of carbonyl (C=O) groups excluding carboxylic acids is 1. The van der Waals surface area contributed by atoms with Gasteiger partial charge in [0.05, 0.1) is 6.54 Å². The van der Waals surface area contributed by atoms with Crippen molar-refractivity contribution in [3.8, 4) is 0 Å². The summed E-state index contributed by atoms with van der Waals surface area (Å²) in [4.78, 5) is 18.9. The molecular weight excluding hydrogens is 429 g/mol. The smallest absolute Gasteiger partial charge is 0.239 e. The molecule has 0 aromatic carbocycles. The number of nitrogens with zero attached hydrogens (tertiary/aromatic N) is 2. The van der Waals surface area contributed by atoms with E-state index in [-0.39, 0.29) is 29.9 Å². The number of aliphatic imine (C=N–C) groups is 1. The van der Waals surface area contributed by atoms with Gasteiger partial charge in [0.1, 0.15) is 0 Å². The minimum Gasteiger partial charge on any atom is -0.354 e. The Labute approximate surface area is 170 Å². The van der Waals surface area contributed by atoms with E-state index in [1.165, 1.54) is 32.2 Å². The second kappa shape index (κ2) is 12.7. The zero-order valence-corrected chi connectivity index (χ0v) is 18.2. The molecule has 6 nitrogen and oxygen atoms in total. The highest BCUT2D eigenvalue weighted by atomic mass is 127. The van der Waals surface area contributed by atoms with Gasteiger partial charge >= 0.3 is 0 Å². The molecule has 1 heterocycles. The molecule has 0 unspecified atom stereocenters. The maximum atomic E-state index is 12.1. The van der Waals surface area contributed by atoms with Crippen molar-refractivity contribution in [2.75, 3.05) is 33.2 Å². The standard InChI is InChI=1S/C18H35N5O.HI/c1-3-11-23-12-9-16(10-13-23)22-18(19-2)20-14-17(24)21-15-7-5-4-6-8-15;/h15-16H,3-14H2,1-2H3,(H,21,24)(H2,19,20,22);1H. The number of hydrogen-bond acceptors (Lipinski definition) is 3. The largest absolute Gasteiger partial charge is 0.354 e. The highest BCUT2D eigenvalue weighted by molar-refractivity contribution is 14.0. The number of carbonyl (C=O) groups is 1. The molecule has 3 N–H and O–H groups in total. The summed E-state index contributed by atoms with van der Waals surface area (Å²) in [6, 6.07) is 0.816. The molecule has 7 heteroatoms. The van der Waals surface area contributed by atoms with Gasteiger partial charge in [0.2, 0.25) is 5.91 Å². The van der Waals surface area contributed by atoms with Gasteiger partial charge in [-0.25, -0.2) is 0 Å². The van der Waals surface area contributed by atoms with Crippen LogP contribution in [0.4, 0.5) is 0 Å². The summed E-state index contributed by atoms with van der Waals surface area (Å²) < 4.78 is 0. The molecule has 0 atom stereocenters. The van der Waals surface area contributed by atoms with Gasteiger partial charge in [-0.3, -0.25) is 9.79 Å². The molecule has 1 aliphatic carbocycles. The summed E-state index contributed by atoms with van der Waals surface area (Å²) in [6.07, 6.45) is 9.50. The summed E-state index contributed by atoms with van der Waals surface area (Å²) in [7, 11) is 1.76. The molecule has 0 aromatic heterocycles. The van der Waals surface area contributed by atoms with Crippen LogP contribution in [-0.4, -0.2) is 62.1 Å². The SMILES string of the molecule is CCCN1CCC(NC(=NC)NCC(=O)NC2CCCCC2)CC1.I. The molecule has 0 aromatic rings. The molecule has 1 saturated heterocycles. The summed E-state index contributed by atoms with van der Waals surface area (Å²) in [5, 5.41) is 9.75. The Hall–Kier alpha value is -0.570. The van der Waals surface area contributed by atoms with Crippen LogP contribution in [0.15, 0.2) is 4.99 Å². The third-order valence-electron chi connectivity index (χ3n) is 5.08. The summed E-state index contributed by atoms with van der Waals surface area (Å²) >= 11 is 0. The Kier molecular flexibility index (Phi) is 11.4. The predicted octanol–water partition coefficient (Wildman–Crippen LogP) is 2.09. The second-order valence-electron chi connectivity index (χ2n) is 7.09. The quantitative estimate of drug-likeness (QED) is 0.319. The molecule has 0 radical (unpaired) electrons. The average Bonchev–Trinajstić information content (AvgIpc) is 2.61. The van der Waals surface area contributed by atoms with Crippen LogP contribution >= 0.6 is 24.0 Å². The highest BCUT2D eigenvalue weighted by Gasteiger charge is 2.20. The van der Waals surface area contributed by atoms with Crippen LogP contribution in [0.1, 0.15) is 58.3 Å². The Morgan fingerprint density at radius 3 is 2.28 bits per heavy atom. The minimum atomic E-state index is 0. The maximum absolute atomic E-state index is 12.1. The monoisotopic (exact) mass is 465 g/mol. The van der Waals surface area contributed by atoms with Crippen LogP contribution < -0.4 is 16.0 Å². The molecule has 1 saturated carbocycles. The molecule has 2 fully saturated rings. The molecule has 146 valence electrons. The van der Waals surface area contributed by atoms with Crippen LogP contribution in [0.5, 0.6) is 0 Å². The van der Waals surface area contributed by atoms with Crippen molar-refractivity contribution in [1.82, 2.24) is 20.9 Å². The Bertz CT molecular complexity index is 404. The van der Waals surface area contributed by atoms with Crippen LogP contribution in [0.3, 0.4) is 0 Å². The highest BCUT2D eigenvalue weighted by Crippen LogP contribution is 2.17. The lowest BCUT2D eigenvalue weighted by Gasteiger charge is -2.32. The van der Waals surface area contributed by atoms with Gasteiger partial charge in [0.15, 0.2) is 5.96 Å². The van der Waals surface area contributed by atoms with E-state index in [1.54, 1.807) is 7.05 Å². The maximum Gasteiger partial charge on any atom is 0.239 e. The Morgan fingerprint density at radius 1 is 1.04 bits per heavy atom. The third kappa shape index (κ3) is 8.57. The average molecular weight is 465 g/mol. The summed E-state index contributed by atoms with van der Waals surface area (Å²) in [6.45, 7) is 6.01. The van der Waals surface area contributed by atoms with E-state index < -0.39 is 0 Å². The Balaban J connectivity index is 0.00000312. The fourth-order valence-electron chi connectivity index (χ4n) is 3.69. The molecule has 0 spiro atoms. The fraction of sp³-hybridized carbons (Fsp3) is 0.889. The lowest BCUT2D eigenvalue weighted by Crippen LogP contribution is -2.51. The number of hydrogen-bond donors (Lipinski definition) is 3. The number of nitrogens with one attached hydrogen (secondary N) is 3. The van der Waals surface area contributed by atoms with Crippen molar-refractivity contribution in [3.05, 3.63) is 0 Å². The number of halogens is 1. The van der Waals surface area contributed by atoms with Crippen molar-refractivity contribution in [1.29, 1.82) is 0 Å². The van der Waals surface area contributed by atoms with E-state index in [0.717, 1.165) is 44.7 Å². The van der Waals surface area contributed by atoms with Gasteiger partial charge in [-0.15, -0.1) is 24.0 Å². The van der Waals surface area contributed by atoms with Crippen molar-refractivity contribution in [2.45, 2.75) is 70.4 Å². The van der Waals surface area contributed by atoms with E-state index in [0.29, 0.717) is 18.6 Å². The van der Waals surface area contributed by atoms with Gasteiger partial charge < -0.3 is 20.9 Å². The Morgan fingerprint density at radius 2 is 1.68 bits per heavy atom. The van der Waals surface area contributed by atoms with E-state index in [4.69, 9.17) is 0 Å². The fourth-order valence-corrected chi connectivity index (χ4v) is 3.69. The van der Waals surface area contributed by atoms with Crippen LogP contribution in [-0.2, 0) is 4.79 Å². The topological polar surface area (TPSA) is 68.8 Å². The van der Waals surface area contributed by atoms with Crippen LogP contribution in [0.2, 0.25) is 0 Å². The zero-order valence-electron chi connectivity index (χ0n) is 15.9. The third-order valence-corrected chi connectivity index (χ3v) is 5.08. The van der Waals surface area contributed by atoms with Crippen molar-refractivity contribution in [2.24, 2.45) is 4.99 Å². The van der Waals surface area contributed by atoms with Gasteiger partial charge in [-0.2, -0.15) is 0 Å². The first-order valence-corrected chi connectivity index (χ1v) is 9.70. The molecule has 0 bridgehead atoms. The normalized spacial score (nSPS) is 20.6. The van der Waals surface area contributed by atoms with Crippen molar-refractivity contribution >= 4 is 35.8 Å². The van der Waals surface area contributed by atoms with Gasteiger partial charge in [-0.05, 0) is 38.6 Å². The minimum absolute atomic E-state index is 0. The lowest BCUT2D eigenvalue weighted by atomic mass is 9.95. The van der Waals surface area contributed by atoms with E-state index in [9.17, 15) is 4.79 Å². The van der Waals surface area contributed by atoms with E-state index >= 15 is 0 Å². The number of rotatable bonds is 6. The van der Waals surface area contributed by atoms with Gasteiger partial charge in [0, 0.05) is 32.2 Å². The molecule has 1 aliphatic heterocycles. The van der Waals surface area contributed by atoms with E-state index in [2.05, 4.69) is 32.8 Å². The first-order valence-electron chi connectivity index (χ1n) is 9.70. The molecule has 1 amide bonds. The van der Waals surface area contributed by atoms with E-state index in [1.807, 2.05) is 0 Å². The zero-order chi connectivity index (χ0) is 17.2. The second-order valence-corrected chi connectivity index (χ2v) is 7.09. The van der Waals surface area contributed by atoms with Crippen LogP contribution in [0, 0.1) is 0 Å². The number of likely N-dealkylation sites (tertiary alicyclic amines) is 1. The van der Waals surface area contributed by atoms with Crippen molar-refractivity contribution < 1.29 is 4.79 Å². The van der Waals surface area contributed by atoms with Crippen LogP contribution in [0.25, 0.3) is 0 Å². The molecular formula is C18H36IN5O. The number of guanidine groups is 1. The predicted molar refractivity (Wildman–Crippen MR) is 115 cm³/mol. The summed E-state index contributed by atoms with van der Waals surface area (Å²) in [5.74, 6) is 0.811. The molecule has 2 rings (SSSR count). The summed E-state index contributed by atoms with van der Waals surface area (Å²) in [5.41, 5.74) is 0. The first-order chi connectivity index (χ1) is 11.7. The van der Waals surface area contributed by atoms with Gasteiger partial charge in [-0.1, -0.05) is 26.2 Å². The molecule has 2 aliphatic rings. The van der Waals surface area contributed by atoms with Crippen molar-refractivity contribution in [3.63, 3.8) is 0 Å². The lowest BCUT2D eigenvalue weighted by molar-refractivity contribution is -0.120. The van der Waals surface area contributed by atoms with Gasteiger partial charge in [0.25, 0.3) is 0 Å². The number of amides is 1. The first kappa shape index (κ1) is 22.5.